The molecule has 10 nitrogen and oxygen atoms in total. The molecule has 0 saturated carbocycles. The van der Waals surface area contributed by atoms with Crippen LogP contribution in [0.3, 0.4) is 0 Å². The third-order valence-corrected chi connectivity index (χ3v) is 7.50. The van der Waals surface area contributed by atoms with Gasteiger partial charge >= 0.3 is 12.1 Å². The normalized spacial score (nSPS) is 20.1. The van der Waals surface area contributed by atoms with Crippen molar-refractivity contribution < 1.29 is 23.5 Å². The van der Waals surface area contributed by atoms with Crippen molar-refractivity contribution in [2.75, 3.05) is 42.5 Å². The molecule has 13 heteroatoms. The maximum atomic E-state index is 15.3. The fourth-order valence-corrected chi connectivity index (χ4v) is 5.42. The number of piperazine rings is 1. The summed E-state index contributed by atoms with van der Waals surface area (Å²) in [5.41, 5.74) is 7.00. The number of amides is 4. The Kier molecular flexibility index (Phi) is 8.30. The number of halogens is 2. The van der Waals surface area contributed by atoms with Gasteiger partial charge in [-0.05, 0) is 54.8 Å². The molecule has 4 amide bonds. The van der Waals surface area contributed by atoms with E-state index in [1.165, 1.54) is 29.8 Å². The van der Waals surface area contributed by atoms with E-state index in [0.29, 0.717) is 30.3 Å². The molecule has 2 aliphatic rings. The summed E-state index contributed by atoms with van der Waals surface area (Å²) < 4.78 is 22.7. The standard InChI is InChI=1S/C24H28ClFN6O4S/c1-14-3-5-18(10-19(14)25)37-30-7-8-31(22(13-30)29-23(27)34)21-6-4-16(9-20(21)26)32-12-17(36-24(32)35)11-28-15(2)33/h3-6,9-10,17,22H,7-8,11-13H2,1-2H3,(H,28,33)(H3,27,29,34). The highest BCUT2D eigenvalue weighted by Gasteiger charge is 2.34. The van der Waals surface area contributed by atoms with E-state index in [-0.39, 0.29) is 24.7 Å². The van der Waals surface area contributed by atoms with Crippen molar-refractivity contribution in [2.45, 2.75) is 31.0 Å². The number of urea groups is 1. The van der Waals surface area contributed by atoms with Gasteiger partial charge in [0.2, 0.25) is 5.91 Å². The van der Waals surface area contributed by atoms with Crippen molar-refractivity contribution >= 4 is 53.0 Å². The number of rotatable bonds is 7. The summed E-state index contributed by atoms with van der Waals surface area (Å²) in [6.07, 6.45) is -1.73. The summed E-state index contributed by atoms with van der Waals surface area (Å²) in [6.45, 7) is 5.04. The molecule has 0 aliphatic carbocycles. The lowest BCUT2D eigenvalue weighted by Gasteiger charge is -2.42. The minimum Gasteiger partial charge on any atom is -0.442 e. The highest BCUT2D eigenvalue weighted by molar-refractivity contribution is 7.97. The summed E-state index contributed by atoms with van der Waals surface area (Å²) in [7, 11) is 0. The van der Waals surface area contributed by atoms with Gasteiger partial charge in [-0.25, -0.2) is 18.3 Å². The second kappa shape index (κ2) is 11.4. The van der Waals surface area contributed by atoms with Gasteiger partial charge < -0.3 is 26.0 Å². The molecule has 2 heterocycles. The van der Waals surface area contributed by atoms with Gasteiger partial charge in [-0.15, -0.1) is 0 Å². The minimum atomic E-state index is -0.720. The molecular formula is C24H28ClFN6O4S. The van der Waals surface area contributed by atoms with E-state index < -0.39 is 30.2 Å². The Hall–Kier alpha value is -3.22. The summed E-state index contributed by atoms with van der Waals surface area (Å²) in [5.74, 6) is -0.788. The first-order chi connectivity index (χ1) is 17.6. The smallest absolute Gasteiger partial charge is 0.414 e. The maximum absolute atomic E-state index is 15.3. The molecule has 0 aromatic heterocycles. The fraction of sp³-hybridized carbons (Fsp3) is 0.375. The Morgan fingerprint density at radius 2 is 2.00 bits per heavy atom. The molecular weight excluding hydrogens is 523 g/mol. The van der Waals surface area contributed by atoms with Gasteiger partial charge in [0, 0.05) is 36.5 Å². The zero-order chi connectivity index (χ0) is 26.7. The molecule has 0 bridgehead atoms. The third kappa shape index (κ3) is 6.56. The van der Waals surface area contributed by atoms with Crippen LogP contribution in [0.15, 0.2) is 41.3 Å². The average Bonchev–Trinajstić information content (AvgIpc) is 3.21. The molecule has 2 atom stereocenters. The Morgan fingerprint density at radius 1 is 1.22 bits per heavy atom. The van der Waals surface area contributed by atoms with E-state index in [0.717, 1.165) is 10.5 Å². The quantitative estimate of drug-likeness (QED) is 0.453. The number of aryl methyl sites for hydroxylation is 1. The van der Waals surface area contributed by atoms with Crippen LogP contribution in [0.5, 0.6) is 0 Å². The second-order valence-electron chi connectivity index (χ2n) is 8.80. The number of ether oxygens (including phenoxy) is 1. The number of carbonyl (C=O) groups is 3. The number of anilines is 2. The van der Waals surface area contributed by atoms with Crippen molar-refractivity contribution in [1.82, 2.24) is 14.9 Å². The van der Waals surface area contributed by atoms with E-state index >= 15 is 4.39 Å². The SMILES string of the molecule is CC(=O)NCC1CN(c2ccc(N3CCN(Sc4ccc(C)c(Cl)c4)CC3NC(N)=O)c(F)c2)C(=O)O1. The van der Waals surface area contributed by atoms with E-state index in [1.54, 1.807) is 17.0 Å². The summed E-state index contributed by atoms with van der Waals surface area (Å²) in [4.78, 5) is 39.2. The first-order valence-electron chi connectivity index (χ1n) is 11.6. The number of carbonyl (C=O) groups excluding carboxylic acids is 3. The Labute approximate surface area is 223 Å². The number of cyclic esters (lactones) is 1. The molecule has 2 saturated heterocycles. The van der Waals surface area contributed by atoms with Gasteiger partial charge in [0.1, 0.15) is 18.1 Å². The Bertz CT molecular complexity index is 1200. The first-order valence-corrected chi connectivity index (χ1v) is 12.8. The molecule has 2 aromatic rings. The lowest BCUT2D eigenvalue weighted by atomic mass is 10.2. The molecule has 2 aliphatic heterocycles. The number of nitrogens with zero attached hydrogens (tertiary/aromatic N) is 3. The van der Waals surface area contributed by atoms with Crippen molar-refractivity contribution in [2.24, 2.45) is 5.73 Å². The van der Waals surface area contributed by atoms with Crippen molar-refractivity contribution in [3.8, 4) is 0 Å². The molecule has 4 N–H and O–H groups in total. The van der Waals surface area contributed by atoms with E-state index in [2.05, 4.69) is 14.9 Å². The van der Waals surface area contributed by atoms with Crippen LogP contribution in [0, 0.1) is 12.7 Å². The number of benzene rings is 2. The zero-order valence-electron chi connectivity index (χ0n) is 20.4. The van der Waals surface area contributed by atoms with Gasteiger partial charge in [-0.3, -0.25) is 9.69 Å². The van der Waals surface area contributed by atoms with Crippen LogP contribution in [-0.2, 0) is 9.53 Å². The molecule has 0 spiro atoms. The van der Waals surface area contributed by atoms with Crippen LogP contribution in [0.1, 0.15) is 12.5 Å². The van der Waals surface area contributed by atoms with E-state index in [1.807, 2.05) is 25.1 Å². The van der Waals surface area contributed by atoms with Gasteiger partial charge in [0.25, 0.3) is 0 Å². The fourth-order valence-electron chi connectivity index (χ4n) is 4.19. The van der Waals surface area contributed by atoms with Crippen molar-refractivity contribution in [3.63, 3.8) is 0 Å². The number of hydrogen-bond acceptors (Lipinski definition) is 7. The number of nitrogens with two attached hydrogens (primary N) is 1. The van der Waals surface area contributed by atoms with Crippen molar-refractivity contribution in [3.05, 3.63) is 52.8 Å². The maximum Gasteiger partial charge on any atom is 0.414 e. The monoisotopic (exact) mass is 550 g/mol. The minimum absolute atomic E-state index is 0.176. The highest BCUT2D eigenvalue weighted by atomic mass is 35.5. The largest absolute Gasteiger partial charge is 0.442 e. The van der Waals surface area contributed by atoms with Crippen LogP contribution in [-0.4, -0.2) is 67.3 Å². The van der Waals surface area contributed by atoms with Gasteiger partial charge in [-0.2, -0.15) is 0 Å². The van der Waals surface area contributed by atoms with E-state index in [4.69, 9.17) is 22.1 Å². The zero-order valence-corrected chi connectivity index (χ0v) is 21.9. The highest BCUT2D eigenvalue weighted by Crippen LogP contribution is 2.33. The molecule has 0 radical (unpaired) electrons. The van der Waals surface area contributed by atoms with Crippen LogP contribution in [0.4, 0.5) is 25.4 Å². The Morgan fingerprint density at radius 3 is 2.68 bits per heavy atom. The molecule has 37 heavy (non-hydrogen) atoms. The van der Waals surface area contributed by atoms with Crippen molar-refractivity contribution in [1.29, 1.82) is 0 Å². The summed E-state index contributed by atoms with van der Waals surface area (Å²) in [6, 6.07) is 9.52. The number of hydrogen-bond donors (Lipinski definition) is 3. The lowest BCUT2D eigenvalue weighted by molar-refractivity contribution is -0.119. The first kappa shape index (κ1) is 26.8. The number of primary amides is 1. The average molecular weight is 551 g/mol. The van der Waals surface area contributed by atoms with Crippen LogP contribution < -0.4 is 26.2 Å². The molecule has 2 aromatic carbocycles. The predicted molar refractivity (Wildman–Crippen MR) is 140 cm³/mol. The second-order valence-corrected chi connectivity index (χ2v) is 10.4. The third-order valence-electron chi connectivity index (χ3n) is 6.03. The molecule has 2 fully saturated rings. The summed E-state index contributed by atoms with van der Waals surface area (Å²) >= 11 is 7.75. The predicted octanol–water partition coefficient (Wildman–Crippen LogP) is 3.07. The van der Waals surface area contributed by atoms with Crippen LogP contribution >= 0.6 is 23.5 Å². The summed E-state index contributed by atoms with van der Waals surface area (Å²) in [5, 5.41) is 5.97. The molecule has 2 unspecified atom stereocenters. The lowest BCUT2D eigenvalue weighted by Crippen LogP contribution is -2.60. The topological polar surface area (TPSA) is 120 Å². The van der Waals surface area contributed by atoms with E-state index in [9.17, 15) is 14.4 Å². The van der Waals surface area contributed by atoms with Crippen LogP contribution in [0.2, 0.25) is 5.02 Å². The molecule has 198 valence electrons. The van der Waals surface area contributed by atoms with Gasteiger partial charge in [0.05, 0.1) is 24.5 Å². The van der Waals surface area contributed by atoms with Gasteiger partial charge in [-0.1, -0.05) is 17.7 Å². The van der Waals surface area contributed by atoms with Gasteiger partial charge in [0.15, 0.2) is 0 Å². The van der Waals surface area contributed by atoms with Crippen LogP contribution in [0.25, 0.3) is 0 Å². The molecule has 4 rings (SSSR count). The number of nitrogens with one attached hydrogen (secondary N) is 2. The Balaban J connectivity index is 1.47.